The minimum atomic E-state index is -4.15. The predicted octanol–water partition coefficient (Wildman–Crippen LogP) is 1.28. The minimum Gasteiger partial charge on any atom is -0.465 e. The average Bonchev–Trinajstić information content (AvgIpc) is 2.50. The summed E-state index contributed by atoms with van der Waals surface area (Å²) in [5.41, 5.74) is 0. The number of amides is 1. The van der Waals surface area contributed by atoms with Gasteiger partial charge in [-0.05, 0) is 6.42 Å². The Morgan fingerprint density at radius 2 is 2.20 bits per heavy atom. The van der Waals surface area contributed by atoms with Crippen molar-refractivity contribution in [3.8, 4) is 0 Å². The van der Waals surface area contributed by atoms with Crippen LogP contribution in [0.2, 0.25) is 0 Å². The highest BCUT2D eigenvalue weighted by Crippen LogP contribution is 2.18. The minimum absolute atomic E-state index is 0.150. The molecule has 88 valence electrons. The molecule has 2 N–H and O–H groups in total. The molecule has 0 spiro atoms. The summed E-state index contributed by atoms with van der Waals surface area (Å²) in [7, 11) is 0. The number of carbonyl (C=O) groups is 1. The fraction of sp³-hybridized carbons (Fsp3) is 0.875. The fourth-order valence-corrected chi connectivity index (χ4v) is 1.52. The molecule has 0 aromatic heterocycles. The van der Waals surface area contributed by atoms with E-state index in [1.165, 1.54) is 4.90 Å². The van der Waals surface area contributed by atoms with Crippen molar-refractivity contribution in [3.05, 3.63) is 0 Å². The van der Waals surface area contributed by atoms with E-state index < -0.39 is 18.7 Å². The maximum Gasteiger partial charge on any atom is 0.407 e. The van der Waals surface area contributed by atoms with Crippen LogP contribution in [0, 0.1) is 0 Å². The zero-order chi connectivity index (χ0) is 11.5. The van der Waals surface area contributed by atoms with Crippen molar-refractivity contribution in [2.24, 2.45) is 0 Å². The Labute approximate surface area is 85.1 Å². The third kappa shape index (κ3) is 4.37. The van der Waals surface area contributed by atoms with Gasteiger partial charge in [-0.15, -0.1) is 0 Å². The number of carboxylic acid groups (broad SMARTS) is 1. The van der Waals surface area contributed by atoms with Crippen LogP contribution in [0.1, 0.15) is 12.8 Å². The Balaban J connectivity index is 2.17. The number of nitrogens with zero attached hydrogens (tertiary/aromatic N) is 1. The van der Waals surface area contributed by atoms with Crippen LogP contribution in [0.5, 0.6) is 0 Å². The molecule has 0 bridgehead atoms. The van der Waals surface area contributed by atoms with E-state index in [9.17, 15) is 18.0 Å². The van der Waals surface area contributed by atoms with Crippen LogP contribution in [0.25, 0.3) is 0 Å². The Morgan fingerprint density at radius 3 is 2.67 bits per heavy atom. The van der Waals surface area contributed by atoms with Gasteiger partial charge in [0.25, 0.3) is 0 Å². The number of hydrogen-bond acceptors (Lipinski definition) is 2. The lowest BCUT2D eigenvalue weighted by atomic mass is 10.2. The summed E-state index contributed by atoms with van der Waals surface area (Å²) in [6.45, 7) is 0.508. The molecule has 1 atom stereocenters. The van der Waals surface area contributed by atoms with Crippen molar-refractivity contribution in [3.63, 3.8) is 0 Å². The van der Waals surface area contributed by atoms with Crippen LogP contribution in [0.15, 0.2) is 0 Å². The summed E-state index contributed by atoms with van der Waals surface area (Å²) < 4.78 is 35.4. The monoisotopic (exact) mass is 226 g/mol. The smallest absolute Gasteiger partial charge is 0.407 e. The molecule has 1 aliphatic rings. The molecule has 1 saturated heterocycles. The summed E-state index contributed by atoms with van der Waals surface area (Å²) in [5.74, 6) is 0. The third-order valence-corrected chi connectivity index (χ3v) is 2.30. The molecule has 4 nitrogen and oxygen atoms in total. The predicted molar refractivity (Wildman–Crippen MR) is 46.7 cm³/mol. The van der Waals surface area contributed by atoms with Gasteiger partial charge < -0.3 is 15.3 Å². The molecule has 0 aliphatic carbocycles. The van der Waals surface area contributed by atoms with E-state index in [0.29, 0.717) is 13.0 Å². The number of hydrogen-bond donors (Lipinski definition) is 2. The van der Waals surface area contributed by atoms with E-state index in [4.69, 9.17) is 5.11 Å². The van der Waals surface area contributed by atoms with Crippen LogP contribution in [0.3, 0.4) is 0 Å². The lowest BCUT2D eigenvalue weighted by Gasteiger charge is -2.14. The van der Waals surface area contributed by atoms with Gasteiger partial charge in [-0.1, -0.05) is 0 Å². The second-order valence-corrected chi connectivity index (χ2v) is 3.53. The summed E-state index contributed by atoms with van der Waals surface area (Å²) in [6, 6.07) is -0.150. The van der Waals surface area contributed by atoms with Crippen LogP contribution >= 0.6 is 0 Å². The average molecular weight is 226 g/mol. The fourth-order valence-electron chi connectivity index (χ4n) is 1.52. The molecule has 15 heavy (non-hydrogen) atoms. The van der Waals surface area contributed by atoms with Crippen LogP contribution in [-0.4, -0.2) is 48.0 Å². The van der Waals surface area contributed by atoms with Gasteiger partial charge in [0.15, 0.2) is 0 Å². The quantitative estimate of drug-likeness (QED) is 0.762. The summed E-state index contributed by atoms with van der Waals surface area (Å²) in [5, 5.41) is 11.3. The second-order valence-electron chi connectivity index (χ2n) is 3.53. The molecule has 0 unspecified atom stereocenters. The number of alkyl halides is 3. The Morgan fingerprint density at radius 1 is 1.53 bits per heavy atom. The lowest BCUT2D eigenvalue weighted by Crippen LogP contribution is -2.36. The van der Waals surface area contributed by atoms with Gasteiger partial charge >= 0.3 is 12.3 Å². The van der Waals surface area contributed by atoms with E-state index in [2.05, 4.69) is 5.32 Å². The molecule has 1 amide bonds. The number of nitrogens with one attached hydrogen (secondary N) is 1. The largest absolute Gasteiger partial charge is 0.465 e. The molecule has 0 saturated carbocycles. The maximum absolute atomic E-state index is 11.8. The molecule has 7 heteroatoms. The van der Waals surface area contributed by atoms with E-state index >= 15 is 0 Å². The topological polar surface area (TPSA) is 52.6 Å². The van der Waals surface area contributed by atoms with Crippen molar-refractivity contribution in [1.82, 2.24) is 10.2 Å². The van der Waals surface area contributed by atoms with Gasteiger partial charge in [0.2, 0.25) is 0 Å². The van der Waals surface area contributed by atoms with Crippen molar-refractivity contribution in [1.29, 1.82) is 0 Å². The molecule has 0 aromatic rings. The Kier molecular flexibility index (Phi) is 3.78. The molecule has 1 fully saturated rings. The van der Waals surface area contributed by atoms with Crippen LogP contribution < -0.4 is 5.32 Å². The first-order valence-corrected chi connectivity index (χ1v) is 4.66. The summed E-state index contributed by atoms with van der Waals surface area (Å²) >= 11 is 0. The van der Waals surface area contributed by atoms with Crippen LogP contribution in [-0.2, 0) is 0 Å². The van der Waals surface area contributed by atoms with E-state index in [1.54, 1.807) is 0 Å². The van der Waals surface area contributed by atoms with Gasteiger partial charge in [-0.25, -0.2) is 4.79 Å². The first-order valence-electron chi connectivity index (χ1n) is 4.66. The molecule has 1 rings (SSSR count). The van der Waals surface area contributed by atoms with Gasteiger partial charge in [-0.3, -0.25) is 0 Å². The van der Waals surface area contributed by atoms with Crippen molar-refractivity contribution in [2.75, 3.05) is 19.6 Å². The van der Waals surface area contributed by atoms with E-state index in [-0.39, 0.29) is 19.1 Å². The maximum atomic E-state index is 11.8. The molecule has 0 aromatic carbocycles. The molecular weight excluding hydrogens is 213 g/mol. The standard InChI is InChI=1S/C8H13F3N2O2/c9-8(10,11)2-3-12-6-1-4-13(5-6)7(14)15/h6,12H,1-5H2,(H,14,15)/t6-/m0/s1. The number of halogens is 3. The van der Waals surface area contributed by atoms with Gasteiger partial charge in [0, 0.05) is 25.7 Å². The SMILES string of the molecule is O=C(O)N1CC[C@H](NCCC(F)(F)F)C1. The molecule has 1 heterocycles. The molecular formula is C8H13F3N2O2. The van der Waals surface area contributed by atoms with Gasteiger partial charge in [-0.2, -0.15) is 13.2 Å². The second kappa shape index (κ2) is 4.69. The third-order valence-electron chi connectivity index (χ3n) is 2.30. The normalized spacial score (nSPS) is 22.1. The summed E-state index contributed by atoms with van der Waals surface area (Å²) in [6.07, 6.45) is -5.48. The van der Waals surface area contributed by atoms with Crippen molar-refractivity contribution in [2.45, 2.75) is 25.1 Å². The first-order chi connectivity index (χ1) is 6.88. The zero-order valence-electron chi connectivity index (χ0n) is 8.05. The lowest BCUT2D eigenvalue weighted by molar-refractivity contribution is -0.133. The van der Waals surface area contributed by atoms with E-state index in [0.717, 1.165) is 0 Å². The Bertz CT molecular complexity index is 232. The van der Waals surface area contributed by atoms with Crippen LogP contribution in [0.4, 0.5) is 18.0 Å². The zero-order valence-corrected chi connectivity index (χ0v) is 8.05. The van der Waals surface area contributed by atoms with Crippen molar-refractivity contribution < 1.29 is 23.1 Å². The first kappa shape index (κ1) is 12.1. The van der Waals surface area contributed by atoms with E-state index in [1.807, 2.05) is 0 Å². The highest BCUT2D eigenvalue weighted by molar-refractivity contribution is 5.65. The Hall–Kier alpha value is -0.980. The summed E-state index contributed by atoms with van der Waals surface area (Å²) in [4.78, 5) is 11.7. The number of likely N-dealkylation sites (tertiary alicyclic amines) is 1. The van der Waals surface area contributed by atoms with Crippen molar-refractivity contribution >= 4 is 6.09 Å². The number of rotatable bonds is 3. The van der Waals surface area contributed by atoms with Gasteiger partial charge in [0.05, 0.1) is 6.42 Å². The molecule has 1 aliphatic heterocycles. The molecule has 0 radical (unpaired) electrons. The van der Waals surface area contributed by atoms with Gasteiger partial charge in [0.1, 0.15) is 0 Å². The highest BCUT2D eigenvalue weighted by Gasteiger charge is 2.29. The highest BCUT2D eigenvalue weighted by atomic mass is 19.4.